The van der Waals surface area contributed by atoms with Crippen molar-refractivity contribution in [3.05, 3.63) is 63.6 Å². The number of benzene rings is 1. The zero-order valence-electron chi connectivity index (χ0n) is 15.0. The summed E-state index contributed by atoms with van der Waals surface area (Å²) in [6.07, 6.45) is 1.40. The van der Waals surface area contributed by atoms with Gasteiger partial charge < -0.3 is 20.5 Å². The predicted octanol–water partition coefficient (Wildman–Crippen LogP) is 0.885. The predicted molar refractivity (Wildman–Crippen MR) is 101 cm³/mol. The molecule has 1 saturated heterocycles. The number of nitrogens with two attached hydrogens (primary N) is 1. The average Bonchev–Trinajstić information content (AvgIpc) is 3.17. The van der Waals surface area contributed by atoms with Gasteiger partial charge in [0.05, 0.1) is 5.92 Å². The Balaban J connectivity index is 1.48. The Morgan fingerprint density at radius 2 is 1.93 bits per heavy atom. The number of aromatic amines is 1. The number of carbonyl (C=O) groups excluding carboxylic acids is 2. The van der Waals surface area contributed by atoms with Crippen LogP contribution in [0.25, 0.3) is 0 Å². The van der Waals surface area contributed by atoms with Crippen LogP contribution in [0.4, 0.5) is 5.69 Å². The molecule has 7 heteroatoms. The van der Waals surface area contributed by atoms with E-state index < -0.39 is 11.5 Å². The first-order valence-electron chi connectivity index (χ1n) is 9.16. The number of carbonyl (C=O) groups is 2. The molecule has 0 spiro atoms. The van der Waals surface area contributed by atoms with Gasteiger partial charge in [0.25, 0.3) is 11.5 Å². The monoisotopic (exact) mass is 366 g/mol. The normalized spacial score (nSPS) is 19.0. The average molecular weight is 366 g/mol. The second-order valence-corrected chi connectivity index (χ2v) is 7.16. The highest BCUT2D eigenvalue weighted by molar-refractivity contribution is 5.92. The van der Waals surface area contributed by atoms with E-state index in [2.05, 4.69) is 22.0 Å². The number of primary amides is 1. The molecule has 1 fully saturated rings. The molecule has 0 bridgehead atoms. The number of para-hydroxylation sites is 1. The lowest BCUT2D eigenvalue weighted by atomic mass is 10.0. The second kappa shape index (κ2) is 6.90. The largest absolute Gasteiger partial charge is 0.371 e. The number of hydrogen-bond donors (Lipinski definition) is 2. The van der Waals surface area contributed by atoms with Gasteiger partial charge in [0.2, 0.25) is 5.91 Å². The van der Waals surface area contributed by atoms with Crippen LogP contribution < -0.4 is 16.2 Å². The fraction of sp³-hybridized carbons (Fsp3) is 0.350. The van der Waals surface area contributed by atoms with Crippen molar-refractivity contribution in [1.29, 1.82) is 0 Å². The molecule has 1 atom stereocenters. The Bertz CT molecular complexity index is 938. The van der Waals surface area contributed by atoms with Gasteiger partial charge in [0.1, 0.15) is 5.56 Å². The molecule has 140 valence electrons. The fourth-order valence-electron chi connectivity index (χ4n) is 3.97. The molecule has 2 aliphatic rings. The van der Waals surface area contributed by atoms with E-state index in [9.17, 15) is 14.4 Å². The highest BCUT2D eigenvalue weighted by atomic mass is 16.2. The Kier molecular flexibility index (Phi) is 4.43. The van der Waals surface area contributed by atoms with E-state index in [0.717, 1.165) is 29.9 Å². The van der Waals surface area contributed by atoms with Crippen molar-refractivity contribution in [2.45, 2.75) is 19.4 Å². The molecule has 3 N–H and O–H groups in total. The van der Waals surface area contributed by atoms with Gasteiger partial charge in [-0.05, 0) is 30.2 Å². The van der Waals surface area contributed by atoms with Crippen LogP contribution >= 0.6 is 0 Å². The Morgan fingerprint density at radius 1 is 1.15 bits per heavy atom. The van der Waals surface area contributed by atoms with E-state index >= 15 is 0 Å². The third-order valence-electron chi connectivity index (χ3n) is 5.44. The van der Waals surface area contributed by atoms with Crippen LogP contribution in [0.15, 0.2) is 41.2 Å². The van der Waals surface area contributed by atoms with E-state index in [4.69, 9.17) is 5.73 Å². The quantitative estimate of drug-likeness (QED) is 0.842. The van der Waals surface area contributed by atoms with Crippen LogP contribution in [-0.2, 0) is 17.8 Å². The van der Waals surface area contributed by atoms with Gasteiger partial charge in [-0.25, -0.2) is 0 Å². The zero-order chi connectivity index (χ0) is 19.0. The Labute approximate surface area is 156 Å². The summed E-state index contributed by atoms with van der Waals surface area (Å²) < 4.78 is 0. The Morgan fingerprint density at radius 3 is 2.67 bits per heavy atom. The topological polar surface area (TPSA) is 99.5 Å². The standard InChI is InChI=1S/C20H22N4O3/c21-18(25)16-10-14-12-24(9-7-17(14)22-19(16)26)20(27)13-6-8-23(11-13)15-4-2-1-3-5-15/h1-5,10,13H,6-9,11-12H2,(H2,21,25)(H,22,26). The first-order chi connectivity index (χ1) is 13.0. The lowest BCUT2D eigenvalue weighted by Gasteiger charge is -2.31. The van der Waals surface area contributed by atoms with Crippen molar-refractivity contribution in [1.82, 2.24) is 9.88 Å². The minimum Gasteiger partial charge on any atom is -0.371 e. The van der Waals surface area contributed by atoms with Crippen LogP contribution in [0.3, 0.4) is 0 Å². The zero-order valence-corrected chi connectivity index (χ0v) is 15.0. The van der Waals surface area contributed by atoms with Crippen molar-refractivity contribution in [2.75, 3.05) is 24.5 Å². The van der Waals surface area contributed by atoms with Gasteiger partial charge in [-0.2, -0.15) is 0 Å². The van der Waals surface area contributed by atoms with Gasteiger partial charge in [-0.3, -0.25) is 14.4 Å². The van der Waals surface area contributed by atoms with Gasteiger partial charge in [-0.15, -0.1) is 0 Å². The first-order valence-corrected chi connectivity index (χ1v) is 9.16. The summed E-state index contributed by atoms with van der Waals surface area (Å²) in [7, 11) is 0. The molecule has 4 rings (SSSR count). The van der Waals surface area contributed by atoms with E-state index in [1.807, 2.05) is 23.1 Å². The molecule has 1 aromatic heterocycles. The molecule has 27 heavy (non-hydrogen) atoms. The summed E-state index contributed by atoms with van der Waals surface area (Å²) in [5.41, 5.74) is 7.46. The molecule has 0 radical (unpaired) electrons. The number of fused-ring (bicyclic) bond motifs is 1. The highest BCUT2D eigenvalue weighted by Crippen LogP contribution is 2.26. The van der Waals surface area contributed by atoms with Gasteiger partial charge in [0, 0.05) is 44.0 Å². The van der Waals surface area contributed by atoms with Crippen molar-refractivity contribution < 1.29 is 9.59 Å². The summed E-state index contributed by atoms with van der Waals surface area (Å²) >= 11 is 0. The number of H-pyrrole nitrogens is 1. The van der Waals surface area contributed by atoms with Crippen molar-refractivity contribution in [2.24, 2.45) is 11.7 Å². The van der Waals surface area contributed by atoms with Gasteiger partial charge in [0.15, 0.2) is 0 Å². The van der Waals surface area contributed by atoms with E-state index in [0.29, 0.717) is 26.1 Å². The number of hydrogen-bond acceptors (Lipinski definition) is 4. The molecule has 3 heterocycles. The number of aromatic nitrogens is 1. The second-order valence-electron chi connectivity index (χ2n) is 7.16. The molecular formula is C20H22N4O3. The number of nitrogens with one attached hydrogen (secondary N) is 1. The first kappa shape index (κ1) is 17.3. The van der Waals surface area contributed by atoms with Crippen molar-refractivity contribution >= 4 is 17.5 Å². The summed E-state index contributed by atoms with van der Waals surface area (Å²) in [5.74, 6) is -0.659. The number of amides is 2. The maximum absolute atomic E-state index is 13.0. The third-order valence-corrected chi connectivity index (χ3v) is 5.44. The number of anilines is 1. The minimum atomic E-state index is -0.753. The van der Waals surface area contributed by atoms with Crippen LogP contribution in [0.2, 0.25) is 0 Å². The molecule has 2 aromatic rings. The molecule has 2 aliphatic heterocycles. The molecule has 0 aliphatic carbocycles. The van der Waals surface area contributed by atoms with E-state index in [-0.39, 0.29) is 17.4 Å². The molecule has 2 amide bonds. The van der Waals surface area contributed by atoms with Crippen molar-refractivity contribution in [3.8, 4) is 0 Å². The minimum absolute atomic E-state index is 0.0369. The molecule has 1 unspecified atom stereocenters. The van der Waals surface area contributed by atoms with Gasteiger partial charge in [-0.1, -0.05) is 18.2 Å². The van der Waals surface area contributed by atoms with E-state index in [1.165, 1.54) is 6.07 Å². The highest BCUT2D eigenvalue weighted by Gasteiger charge is 2.33. The summed E-state index contributed by atoms with van der Waals surface area (Å²) in [4.78, 5) is 43.1. The Hall–Kier alpha value is -3.09. The molecule has 0 saturated carbocycles. The van der Waals surface area contributed by atoms with Crippen LogP contribution in [-0.4, -0.2) is 41.3 Å². The van der Waals surface area contributed by atoms with Gasteiger partial charge >= 0.3 is 0 Å². The summed E-state index contributed by atoms with van der Waals surface area (Å²) in [6, 6.07) is 11.6. The third kappa shape index (κ3) is 3.32. The SMILES string of the molecule is NC(=O)c1cc2c([nH]c1=O)CCN(C(=O)C1CCN(c3ccccc3)C1)C2. The van der Waals surface area contributed by atoms with Crippen LogP contribution in [0, 0.1) is 5.92 Å². The smallest absolute Gasteiger partial charge is 0.261 e. The van der Waals surface area contributed by atoms with Crippen LogP contribution in [0.5, 0.6) is 0 Å². The molecule has 1 aromatic carbocycles. The van der Waals surface area contributed by atoms with Crippen molar-refractivity contribution in [3.63, 3.8) is 0 Å². The lowest BCUT2D eigenvalue weighted by molar-refractivity contribution is -0.135. The lowest BCUT2D eigenvalue weighted by Crippen LogP contribution is -2.41. The molecule has 7 nitrogen and oxygen atoms in total. The van der Waals surface area contributed by atoms with E-state index in [1.54, 1.807) is 0 Å². The number of rotatable bonds is 3. The summed E-state index contributed by atoms with van der Waals surface area (Å²) in [6.45, 7) is 2.54. The maximum atomic E-state index is 13.0. The summed E-state index contributed by atoms with van der Waals surface area (Å²) in [5, 5.41) is 0. The maximum Gasteiger partial charge on any atom is 0.261 e. The number of pyridine rings is 1. The number of nitrogens with zero attached hydrogens (tertiary/aromatic N) is 2. The molecular weight excluding hydrogens is 344 g/mol. The fourth-order valence-corrected chi connectivity index (χ4v) is 3.97. The van der Waals surface area contributed by atoms with Crippen LogP contribution in [0.1, 0.15) is 28.0 Å².